The summed E-state index contributed by atoms with van der Waals surface area (Å²) in [6.45, 7) is 4.47. The standard InChI is InChI=1S/C12H18O4/c1-12(2)15-8-10(16-12)7-14-11(13)9-5-3-4-6-9/h5,10H,3-4,6-8H2,1-2H3/t10-/m0/s1. The van der Waals surface area contributed by atoms with Crippen molar-refractivity contribution in [2.24, 2.45) is 0 Å². The Balaban J connectivity index is 1.74. The fourth-order valence-corrected chi connectivity index (χ4v) is 1.96. The molecule has 1 atom stereocenters. The summed E-state index contributed by atoms with van der Waals surface area (Å²) in [5, 5.41) is 0. The average molecular weight is 226 g/mol. The molecular weight excluding hydrogens is 208 g/mol. The van der Waals surface area contributed by atoms with E-state index >= 15 is 0 Å². The maximum atomic E-state index is 11.6. The van der Waals surface area contributed by atoms with E-state index in [0.717, 1.165) is 24.8 Å². The summed E-state index contributed by atoms with van der Waals surface area (Å²) in [4.78, 5) is 11.6. The van der Waals surface area contributed by atoms with Gasteiger partial charge in [0.15, 0.2) is 5.79 Å². The van der Waals surface area contributed by atoms with Gasteiger partial charge in [-0.1, -0.05) is 6.08 Å². The Bertz CT molecular complexity index is 306. The van der Waals surface area contributed by atoms with Crippen LogP contribution in [-0.2, 0) is 19.0 Å². The first-order chi connectivity index (χ1) is 7.57. The number of carbonyl (C=O) groups is 1. The van der Waals surface area contributed by atoms with Crippen molar-refractivity contribution < 1.29 is 19.0 Å². The second kappa shape index (κ2) is 4.55. The third-order valence-electron chi connectivity index (χ3n) is 2.77. The first kappa shape index (κ1) is 11.6. The summed E-state index contributed by atoms with van der Waals surface area (Å²) in [7, 11) is 0. The highest BCUT2D eigenvalue weighted by Crippen LogP contribution is 2.23. The minimum absolute atomic E-state index is 0.138. The second-order valence-corrected chi connectivity index (χ2v) is 4.67. The molecule has 0 radical (unpaired) electrons. The van der Waals surface area contributed by atoms with Gasteiger partial charge < -0.3 is 14.2 Å². The zero-order chi connectivity index (χ0) is 11.6. The van der Waals surface area contributed by atoms with Crippen LogP contribution in [-0.4, -0.2) is 31.1 Å². The number of rotatable bonds is 3. The molecule has 1 heterocycles. The minimum atomic E-state index is -0.552. The summed E-state index contributed by atoms with van der Waals surface area (Å²) in [6.07, 6.45) is 4.70. The van der Waals surface area contributed by atoms with Crippen LogP contribution in [0.3, 0.4) is 0 Å². The van der Waals surface area contributed by atoms with Crippen LogP contribution in [0.2, 0.25) is 0 Å². The lowest BCUT2D eigenvalue weighted by atomic mass is 10.2. The largest absolute Gasteiger partial charge is 0.459 e. The lowest BCUT2D eigenvalue weighted by molar-refractivity contribution is -0.155. The second-order valence-electron chi connectivity index (χ2n) is 4.67. The minimum Gasteiger partial charge on any atom is -0.459 e. The Morgan fingerprint density at radius 3 is 3.00 bits per heavy atom. The highest BCUT2D eigenvalue weighted by atomic mass is 16.7. The van der Waals surface area contributed by atoms with Crippen LogP contribution in [0.4, 0.5) is 0 Å². The van der Waals surface area contributed by atoms with Crippen molar-refractivity contribution in [1.82, 2.24) is 0 Å². The van der Waals surface area contributed by atoms with Crippen molar-refractivity contribution >= 4 is 5.97 Å². The van der Waals surface area contributed by atoms with Crippen LogP contribution >= 0.6 is 0 Å². The Morgan fingerprint density at radius 1 is 1.62 bits per heavy atom. The van der Waals surface area contributed by atoms with Gasteiger partial charge in [0.1, 0.15) is 12.7 Å². The normalized spacial score (nSPS) is 27.9. The lowest BCUT2D eigenvalue weighted by Gasteiger charge is -2.17. The van der Waals surface area contributed by atoms with Gasteiger partial charge >= 0.3 is 5.97 Å². The quantitative estimate of drug-likeness (QED) is 0.688. The third kappa shape index (κ3) is 2.83. The molecule has 0 aromatic rings. The number of hydrogen-bond acceptors (Lipinski definition) is 4. The Morgan fingerprint density at radius 2 is 2.44 bits per heavy atom. The van der Waals surface area contributed by atoms with Gasteiger partial charge in [-0.25, -0.2) is 4.79 Å². The summed E-state index contributed by atoms with van der Waals surface area (Å²) in [5.74, 6) is -0.755. The molecule has 0 N–H and O–H groups in total. The molecule has 1 aliphatic heterocycles. The van der Waals surface area contributed by atoms with Crippen molar-refractivity contribution in [3.05, 3.63) is 11.6 Å². The first-order valence-corrected chi connectivity index (χ1v) is 5.75. The smallest absolute Gasteiger partial charge is 0.333 e. The molecule has 0 aromatic carbocycles. The van der Waals surface area contributed by atoms with Crippen molar-refractivity contribution in [2.45, 2.75) is 45.0 Å². The molecule has 4 heteroatoms. The molecular formula is C12H18O4. The predicted octanol–water partition coefficient (Wildman–Crippen LogP) is 1.79. The fourth-order valence-electron chi connectivity index (χ4n) is 1.96. The van der Waals surface area contributed by atoms with E-state index in [0.29, 0.717) is 6.61 Å². The van der Waals surface area contributed by atoms with Gasteiger partial charge in [0, 0.05) is 5.57 Å². The Labute approximate surface area is 95.6 Å². The first-order valence-electron chi connectivity index (χ1n) is 5.75. The van der Waals surface area contributed by atoms with Crippen LogP contribution in [0.25, 0.3) is 0 Å². The summed E-state index contributed by atoms with van der Waals surface area (Å²) >= 11 is 0. The molecule has 2 aliphatic rings. The van der Waals surface area contributed by atoms with Gasteiger partial charge in [-0.3, -0.25) is 0 Å². The van der Waals surface area contributed by atoms with Crippen LogP contribution in [0.15, 0.2) is 11.6 Å². The van der Waals surface area contributed by atoms with Crippen LogP contribution < -0.4 is 0 Å². The molecule has 0 spiro atoms. The van der Waals surface area contributed by atoms with Gasteiger partial charge in [0.05, 0.1) is 6.61 Å². The number of esters is 1. The van der Waals surface area contributed by atoms with Gasteiger partial charge in [0.2, 0.25) is 0 Å². The van der Waals surface area contributed by atoms with Crippen LogP contribution in [0.5, 0.6) is 0 Å². The number of ether oxygens (including phenoxy) is 3. The number of carbonyl (C=O) groups excluding carboxylic acids is 1. The lowest BCUT2D eigenvalue weighted by Crippen LogP contribution is -2.25. The van der Waals surface area contributed by atoms with Crippen LogP contribution in [0.1, 0.15) is 33.1 Å². The summed E-state index contributed by atoms with van der Waals surface area (Å²) < 4.78 is 16.1. The van der Waals surface area contributed by atoms with Gasteiger partial charge in [-0.05, 0) is 33.1 Å². The van der Waals surface area contributed by atoms with Gasteiger partial charge in [0.25, 0.3) is 0 Å². The van der Waals surface area contributed by atoms with E-state index in [-0.39, 0.29) is 18.7 Å². The number of hydrogen-bond donors (Lipinski definition) is 0. The highest BCUT2D eigenvalue weighted by Gasteiger charge is 2.33. The molecule has 1 aliphatic carbocycles. The molecule has 0 amide bonds. The SMILES string of the molecule is CC1(C)OC[C@H](COC(=O)C2=CCCC2)O1. The molecule has 2 rings (SSSR count). The predicted molar refractivity (Wildman–Crippen MR) is 57.8 cm³/mol. The van der Waals surface area contributed by atoms with E-state index in [4.69, 9.17) is 14.2 Å². The molecule has 0 saturated carbocycles. The van der Waals surface area contributed by atoms with Crippen LogP contribution in [0, 0.1) is 0 Å². The monoisotopic (exact) mass is 226 g/mol. The molecule has 0 aromatic heterocycles. The van der Waals surface area contributed by atoms with E-state index in [1.165, 1.54) is 0 Å². The highest BCUT2D eigenvalue weighted by molar-refractivity contribution is 5.88. The topological polar surface area (TPSA) is 44.8 Å². The Kier molecular flexibility index (Phi) is 3.30. The van der Waals surface area contributed by atoms with E-state index < -0.39 is 5.79 Å². The van der Waals surface area contributed by atoms with Gasteiger partial charge in [-0.2, -0.15) is 0 Å². The van der Waals surface area contributed by atoms with E-state index in [2.05, 4.69) is 0 Å². The van der Waals surface area contributed by atoms with Gasteiger partial charge in [-0.15, -0.1) is 0 Å². The third-order valence-corrected chi connectivity index (χ3v) is 2.77. The molecule has 1 saturated heterocycles. The number of allylic oxidation sites excluding steroid dienone is 1. The molecule has 16 heavy (non-hydrogen) atoms. The van der Waals surface area contributed by atoms with Crippen molar-refractivity contribution in [2.75, 3.05) is 13.2 Å². The molecule has 1 fully saturated rings. The van der Waals surface area contributed by atoms with Crippen molar-refractivity contribution in [1.29, 1.82) is 0 Å². The summed E-state index contributed by atoms with van der Waals surface area (Å²) in [6, 6.07) is 0. The van der Waals surface area contributed by atoms with E-state index in [1.807, 2.05) is 19.9 Å². The maximum absolute atomic E-state index is 11.6. The average Bonchev–Trinajstić information content (AvgIpc) is 2.83. The zero-order valence-corrected chi connectivity index (χ0v) is 9.82. The maximum Gasteiger partial charge on any atom is 0.333 e. The van der Waals surface area contributed by atoms with Crippen molar-refractivity contribution in [3.8, 4) is 0 Å². The molecule has 4 nitrogen and oxygen atoms in total. The molecule has 0 unspecified atom stereocenters. The zero-order valence-electron chi connectivity index (χ0n) is 9.82. The summed E-state index contributed by atoms with van der Waals surface area (Å²) in [5.41, 5.74) is 0.804. The van der Waals surface area contributed by atoms with E-state index in [9.17, 15) is 4.79 Å². The van der Waals surface area contributed by atoms with Crippen molar-refractivity contribution in [3.63, 3.8) is 0 Å². The van der Waals surface area contributed by atoms with E-state index in [1.54, 1.807) is 0 Å². The molecule has 0 bridgehead atoms. The fraction of sp³-hybridized carbons (Fsp3) is 0.750. The Hall–Kier alpha value is -0.870. The molecule has 90 valence electrons.